The van der Waals surface area contributed by atoms with Gasteiger partial charge in [0.05, 0.1) is 26.4 Å². The normalized spacial score (nSPS) is 13.8. The minimum atomic E-state index is -0.760. The minimum absolute atomic E-state index is 0.204. The fourth-order valence-electron chi connectivity index (χ4n) is 3.18. The average Bonchev–Trinajstić information content (AvgIpc) is 2.76. The first kappa shape index (κ1) is 22.2. The molecule has 3 rings (SSSR count). The number of ether oxygens (including phenoxy) is 3. The second kappa shape index (κ2) is 9.57. The highest BCUT2D eigenvalue weighted by atomic mass is 35.5. The summed E-state index contributed by atoms with van der Waals surface area (Å²) in [6.45, 7) is 0.186. The molecule has 0 radical (unpaired) electrons. The number of anilines is 2. The number of piperazine rings is 1. The van der Waals surface area contributed by atoms with Gasteiger partial charge in [-0.3, -0.25) is 14.4 Å². The van der Waals surface area contributed by atoms with E-state index in [0.29, 0.717) is 33.6 Å². The first-order valence-electron chi connectivity index (χ1n) is 9.34. The predicted octanol–water partition coefficient (Wildman–Crippen LogP) is 2.18. The van der Waals surface area contributed by atoms with Gasteiger partial charge in [0.2, 0.25) is 5.91 Å². The maximum atomic E-state index is 12.6. The van der Waals surface area contributed by atoms with Gasteiger partial charge in [0, 0.05) is 30.5 Å². The van der Waals surface area contributed by atoms with Crippen molar-refractivity contribution in [3.8, 4) is 17.2 Å². The molecule has 1 aliphatic rings. The third-order valence-corrected chi connectivity index (χ3v) is 5.05. The molecule has 10 heteroatoms. The van der Waals surface area contributed by atoms with E-state index < -0.39 is 17.7 Å². The Balaban J connectivity index is 1.65. The highest BCUT2D eigenvalue weighted by Gasteiger charge is 2.34. The molecule has 0 saturated carbocycles. The van der Waals surface area contributed by atoms with E-state index in [1.54, 1.807) is 36.4 Å². The number of methoxy groups -OCH3 is 3. The van der Waals surface area contributed by atoms with Crippen LogP contribution in [-0.4, -0.2) is 63.6 Å². The van der Waals surface area contributed by atoms with Gasteiger partial charge in [-0.15, -0.1) is 0 Å². The molecule has 1 fully saturated rings. The van der Waals surface area contributed by atoms with Gasteiger partial charge in [-0.25, -0.2) is 0 Å². The van der Waals surface area contributed by atoms with Gasteiger partial charge in [0.15, 0.2) is 11.5 Å². The van der Waals surface area contributed by atoms with Crippen molar-refractivity contribution in [2.24, 2.45) is 0 Å². The molecule has 0 bridgehead atoms. The van der Waals surface area contributed by atoms with Crippen molar-refractivity contribution in [2.75, 3.05) is 51.2 Å². The lowest BCUT2D eigenvalue weighted by Crippen LogP contribution is -2.56. The number of nitrogens with zero attached hydrogens (tertiary/aromatic N) is 2. The van der Waals surface area contributed by atoms with Crippen LogP contribution in [-0.2, 0) is 14.4 Å². The van der Waals surface area contributed by atoms with Gasteiger partial charge in [0.25, 0.3) is 0 Å². The Morgan fingerprint density at radius 3 is 2.26 bits per heavy atom. The standard InChI is InChI=1S/C21H22ClN3O6/c1-29-16-6-4-13(10-15(16)22)23-19(26)12-24-8-9-25(21(28)20(24)27)14-5-7-17(30-2)18(11-14)31-3/h4-7,10-11H,8-9,12H2,1-3H3,(H,23,26). The zero-order chi connectivity index (χ0) is 22.5. The van der Waals surface area contributed by atoms with E-state index in [2.05, 4.69) is 5.32 Å². The molecule has 31 heavy (non-hydrogen) atoms. The van der Waals surface area contributed by atoms with Crippen LogP contribution < -0.4 is 24.4 Å². The Hall–Kier alpha value is -3.46. The number of carbonyl (C=O) groups is 3. The number of hydrogen-bond acceptors (Lipinski definition) is 6. The Morgan fingerprint density at radius 1 is 0.935 bits per heavy atom. The van der Waals surface area contributed by atoms with Gasteiger partial charge in [-0.05, 0) is 30.3 Å². The molecule has 0 unspecified atom stereocenters. The molecule has 2 aromatic carbocycles. The smallest absolute Gasteiger partial charge is 0.316 e. The van der Waals surface area contributed by atoms with Crippen molar-refractivity contribution in [2.45, 2.75) is 0 Å². The van der Waals surface area contributed by atoms with E-state index in [-0.39, 0.29) is 19.6 Å². The van der Waals surface area contributed by atoms with Crippen LogP contribution in [0.2, 0.25) is 5.02 Å². The number of amides is 3. The zero-order valence-electron chi connectivity index (χ0n) is 17.3. The molecule has 3 amide bonds. The van der Waals surface area contributed by atoms with Gasteiger partial charge < -0.3 is 29.3 Å². The van der Waals surface area contributed by atoms with E-state index in [9.17, 15) is 14.4 Å². The fraction of sp³-hybridized carbons (Fsp3) is 0.286. The van der Waals surface area contributed by atoms with Crippen molar-refractivity contribution in [3.05, 3.63) is 41.4 Å². The Labute approximate surface area is 184 Å². The molecular weight excluding hydrogens is 426 g/mol. The first-order valence-corrected chi connectivity index (χ1v) is 9.72. The van der Waals surface area contributed by atoms with Gasteiger partial charge in [-0.2, -0.15) is 0 Å². The monoisotopic (exact) mass is 447 g/mol. The summed E-state index contributed by atoms with van der Waals surface area (Å²) in [5.41, 5.74) is 0.964. The van der Waals surface area contributed by atoms with Crippen LogP contribution in [0.25, 0.3) is 0 Å². The maximum Gasteiger partial charge on any atom is 0.316 e. The molecule has 2 aromatic rings. The SMILES string of the molecule is COc1ccc(NC(=O)CN2CCN(c3ccc(OC)c(OC)c3)C(=O)C2=O)cc1Cl. The maximum absolute atomic E-state index is 12.6. The topological polar surface area (TPSA) is 97.4 Å². The number of nitrogens with one attached hydrogen (secondary N) is 1. The van der Waals surface area contributed by atoms with Crippen molar-refractivity contribution in [3.63, 3.8) is 0 Å². The van der Waals surface area contributed by atoms with Crippen LogP contribution in [0.3, 0.4) is 0 Å². The number of carbonyl (C=O) groups excluding carboxylic acids is 3. The molecule has 0 aromatic heterocycles. The summed E-state index contributed by atoms with van der Waals surface area (Å²) >= 11 is 6.05. The van der Waals surface area contributed by atoms with Crippen molar-refractivity contribution < 1.29 is 28.6 Å². The van der Waals surface area contributed by atoms with Crippen LogP contribution in [0.4, 0.5) is 11.4 Å². The third-order valence-electron chi connectivity index (χ3n) is 4.76. The van der Waals surface area contributed by atoms with Crippen molar-refractivity contribution in [1.82, 2.24) is 4.90 Å². The number of benzene rings is 2. The van der Waals surface area contributed by atoms with Crippen molar-refractivity contribution >= 4 is 40.7 Å². The summed E-state index contributed by atoms with van der Waals surface area (Å²) in [7, 11) is 4.49. The van der Waals surface area contributed by atoms with Crippen LogP contribution in [0.5, 0.6) is 17.2 Å². The molecular formula is C21H22ClN3O6. The number of hydrogen-bond donors (Lipinski definition) is 1. The van der Waals surface area contributed by atoms with Gasteiger partial charge in [-0.1, -0.05) is 11.6 Å². The van der Waals surface area contributed by atoms with E-state index in [1.807, 2.05) is 0 Å². The summed E-state index contributed by atoms with van der Waals surface area (Å²) in [6.07, 6.45) is 0. The molecule has 0 atom stereocenters. The highest BCUT2D eigenvalue weighted by Crippen LogP contribution is 2.32. The summed E-state index contributed by atoms with van der Waals surface area (Å²) in [4.78, 5) is 40.1. The molecule has 1 heterocycles. The van der Waals surface area contributed by atoms with Crippen LogP contribution in [0, 0.1) is 0 Å². The second-order valence-electron chi connectivity index (χ2n) is 6.62. The van der Waals surface area contributed by atoms with E-state index in [0.717, 1.165) is 0 Å². The molecule has 164 valence electrons. The Bertz CT molecular complexity index is 1010. The highest BCUT2D eigenvalue weighted by molar-refractivity contribution is 6.41. The lowest BCUT2D eigenvalue weighted by Gasteiger charge is -2.33. The van der Waals surface area contributed by atoms with Crippen LogP contribution in [0.1, 0.15) is 0 Å². The van der Waals surface area contributed by atoms with Crippen molar-refractivity contribution in [1.29, 1.82) is 0 Å². The molecule has 0 spiro atoms. The second-order valence-corrected chi connectivity index (χ2v) is 7.03. The summed E-state index contributed by atoms with van der Waals surface area (Å²) < 4.78 is 15.5. The Morgan fingerprint density at radius 2 is 1.61 bits per heavy atom. The van der Waals surface area contributed by atoms with Gasteiger partial charge in [0.1, 0.15) is 12.3 Å². The fourth-order valence-corrected chi connectivity index (χ4v) is 3.44. The van der Waals surface area contributed by atoms with Crippen LogP contribution in [0.15, 0.2) is 36.4 Å². The summed E-state index contributed by atoms with van der Waals surface area (Å²) in [6, 6.07) is 9.74. The predicted molar refractivity (Wildman–Crippen MR) is 115 cm³/mol. The van der Waals surface area contributed by atoms with E-state index >= 15 is 0 Å². The van der Waals surface area contributed by atoms with E-state index in [4.69, 9.17) is 25.8 Å². The quantitative estimate of drug-likeness (QED) is 0.653. The largest absolute Gasteiger partial charge is 0.495 e. The molecule has 9 nitrogen and oxygen atoms in total. The van der Waals surface area contributed by atoms with Crippen LogP contribution >= 0.6 is 11.6 Å². The number of halogens is 1. The Kier molecular flexibility index (Phi) is 6.86. The molecule has 1 N–H and O–H groups in total. The molecule has 1 aliphatic heterocycles. The number of rotatable bonds is 7. The minimum Gasteiger partial charge on any atom is -0.495 e. The van der Waals surface area contributed by atoms with Gasteiger partial charge >= 0.3 is 11.8 Å². The average molecular weight is 448 g/mol. The summed E-state index contributed by atoms with van der Waals surface area (Å²) in [5, 5.41) is 3.00. The molecule has 1 saturated heterocycles. The first-order chi connectivity index (χ1) is 14.9. The third kappa shape index (κ3) is 4.83. The molecule has 0 aliphatic carbocycles. The lowest BCUT2D eigenvalue weighted by atomic mass is 10.2. The summed E-state index contributed by atoms with van der Waals surface area (Å²) in [5.74, 6) is -0.490. The lowest BCUT2D eigenvalue weighted by molar-refractivity contribution is -0.147. The zero-order valence-corrected chi connectivity index (χ0v) is 18.1. The van der Waals surface area contributed by atoms with E-state index in [1.165, 1.54) is 31.1 Å².